The Morgan fingerprint density at radius 3 is 2.56 bits per heavy atom. The van der Waals surface area contributed by atoms with Crippen molar-refractivity contribution in [3.63, 3.8) is 0 Å². The van der Waals surface area contributed by atoms with Gasteiger partial charge in [-0.15, -0.1) is 0 Å². The Kier molecular flexibility index (Phi) is 4.04. The Hall–Kier alpha value is -1.32. The van der Waals surface area contributed by atoms with Gasteiger partial charge in [0, 0.05) is 18.0 Å². The van der Waals surface area contributed by atoms with Crippen molar-refractivity contribution in [2.75, 3.05) is 17.6 Å². The molecule has 1 saturated carbocycles. The van der Waals surface area contributed by atoms with E-state index in [0.717, 1.165) is 29.7 Å². The van der Waals surface area contributed by atoms with Crippen molar-refractivity contribution >= 4 is 11.6 Å². The number of nitrogens with two attached hydrogens (primary N) is 1. The van der Waals surface area contributed by atoms with Gasteiger partial charge in [0.2, 0.25) is 0 Å². The molecule has 0 saturated heterocycles. The largest absolute Gasteiger partial charge is 0.383 e. The van der Waals surface area contributed by atoms with Crippen molar-refractivity contribution in [3.8, 4) is 0 Å². The van der Waals surface area contributed by atoms with Crippen molar-refractivity contribution in [3.05, 3.63) is 11.4 Å². The van der Waals surface area contributed by atoms with Crippen LogP contribution in [0.25, 0.3) is 0 Å². The number of nitrogens with zero attached hydrogens (tertiary/aromatic N) is 2. The molecule has 3 N–H and O–H groups in total. The van der Waals surface area contributed by atoms with E-state index in [1.807, 2.05) is 6.92 Å². The maximum absolute atomic E-state index is 5.95. The molecule has 4 heteroatoms. The number of aromatic nitrogens is 2. The minimum Gasteiger partial charge on any atom is -0.383 e. The zero-order valence-corrected chi connectivity index (χ0v) is 11.7. The van der Waals surface area contributed by atoms with Crippen LogP contribution in [0.15, 0.2) is 0 Å². The van der Waals surface area contributed by atoms with Gasteiger partial charge in [-0.2, -0.15) is 0 Å². The molecule has 1 aromatic heterocycles. The third-order valence-electron chi connectivity index (χ3n) is 3.75. The second-order valence-electron chi connectivity index (χ2n) is 5.63. The third-order valence-corrected chi connectivity index (χ3v) is 3.75. The summed E-state index contributed by atoms with van der Waals surface area (Å²) in [4.78, 5) is 8.93. The third kappa shape index (κ3) is 2.92. The molecule has 0 amide bonds. The van der Waals surface area contributed by atoms with E-state index in [9.17, 15) is 0 Å². The zero-order chi connectivity index (χ0) is 13.1. The van der Waals surface area contributed by atoms with Crippen LogP contribution in [0.4, 0.5) is 11.6 Å². The molecule has 1 aliphatic rings. The summed E-state index contributed by atoms with van der Waals surface area (Å²) in [6.07, 6.45) is 5.41. The van der Waals surface area contributed by atoms with Crippen molar-refractivity contribution < 1.29 is 0 Å². The molecule has 0 aromatic carbocycles. The van der Waals surface area contributed by atoms with Gasteiger partial charge in [0.25, 0.3) is 0 Å². The molecule has 0 aliphatic heterocycles. The van der Waals surface area contributed by atoms with E-state index >= 15 is 0 Å². The van der Waals surface area contributed by atoms with E-state index < -0.39 is 0 Å². The molecule has 0 bridgehead atoms. The van der Waals surface area contributed by atoms with Crippen molar-refractivity contribution in [2.24, 2.45) is 5.92 Å². The molecule has 1 fully saturated rings. The minimum atomic E-state index is 0.305. The van der Waals surface area contributed by atoms with Crippen LogP contribution in [0.1, 0.15) is 56.8 Å². The van der Waals surface area contributed by atoms with Gasteiger partial charge < -0.3 is 11.1 Å². The minimum absolute atomic E-state index is 0.305. The van der Waals surface area contributed by atoms with Gasteiger partial charge >= 0.3 is 0 Å². The first-order chi connectivity index (χ1) is 8.58. The fourth-order valence-electron chi connectivity index (χ4n) is 2.44. The first-order valence-electron chi connectivity index (χ1n) is 6.95. The Bertz CT molecular complexity index is 409. The van der Waals surface area contributed by atoms with Gasteiger partial charge in [-0.25, -0.2) is 9.97 Å². The SMILES string of the molecule is Cc1c(N)nc(C(C)C)nc1NCC1CCCC1. The Labute approximate surface area is 109 Å². The number of hydrogen-bond acceptors (Lipinski definition) is 4. The van der Waals surface area contributed by atoms with Gasteiger partial charge in [0.15, 0.2) is 0 Å². The normalized spacial score (nSPS) is 16.4. The van der Waals surface area contributed by atoms with Crippen molar-refractivity contribution in [1.29, 1.82) is 0 Å². The lowest BCUT2D eigenvalue weighted by Crippen LogP contribution is -2.15. The summed E-state index contributed by atoms with van der Waals surface area (Å²) in [5.74, 6) is 3.44. The first-order valence-corrected chi connectivity index (χ1v) is 6.95. The van der Waals surface area contributed by atoms with E-state index in [1.54, 1.807) is 0 Å². The molecule has 0 spiro atoms. The number of hydrogen-bond donors (Lipinski definition) is 2. The highest BCUT2D eigenvalue weighted by Crippen LogP contribution is 2.26. The monoisotopic (exact) mass is 248 g/mol. The highest BCUT2D eigenvalue weighted by Gasteiger charge is 2.16. The molecule has 0 radical (unpaired) electrons. The fraction of sp³-hybridized carbons (Fsp3) is 0.714. The lowest BCUT2D eigenvalue weighted by atomic mass is 10.1. The van der Waals surface area contributed by atoms with Crippen LogP contribution >= 0.6 is 0 Å². The van der Waals surface area contributed by atoms with Crippen LogP contribution < -0.4 is 11.1 Å². The zero-order valence-electron chi connectivity index (χ0n) is 11.7. The second-order valence-corrected chi connectivity index (χ2v) is 5.63. The molecule has 0 atom stereocenters. The van der Waals surface area contributed by atoms with Crippen LogP contribution in [0.5, 0.6) is 0 Å². The summed E-state index contributed by atoms with van der Waals surface area (Å²) in [6, 6.07) is 0. The molecule has 1 aromatic rings. The highest BCUT2D eigenvalue weighted by molar-refractivity contribution is 5.54. The highest BCUT2D eigenvalue weighted by atomic mass is 15.1. The van der Waals surface area contributed by atoms with Crippen molar-refractivity contribution in [1.82, 2.24) is 9.97 Å². The summed E-state index contributed by atoms with van der Waals surface area (Å²) in [6.45, 7) is 7.17. The molecule has 100 valence electrons. The molecular formula is C14H24N4. The molecule has 2 rings (SSSR count). The maximum atomic E-state index is 5.95. The lowest BCUT2D eigenvalue weighted by molar-refractivity contribution is 0.578. The van der Waals surface area contributed by atoms with E-state index in [4.69, 9.17) is 5.73 Å². The fourth-order valence-corrected chi connectivity index (χ4v) is 2.44. The molecule has 18 heavy (non-hydrogen) atoms. The molecule has 4 nitrogen and oxygen atoms in total. The predicted octanol–water partition coefficient (Wildman–Crippen LogP) is 3.09. The average Bonchev–Trinajstić information content (AvgIpc) is 2.83. The molecular weight excluding hydrogens is 224 g/mol. The lowest BCUT2D eigenvalue weighted by Gasteiger charge is -2.15. The summed E-state index contributed by atoms with van der Waals surface area (Å²) in [5, 5.41) is 3.46. The summed E-state index contributed by atoms with van der Waals surface area (Å²) in [5.41, 5.74) is 6.92. The average molecular weight is 248 g/mol. The van der Waals surface area contributed by atoms with E-state index in [2.05, 4.69) is 29.1 Å². The summed E-state index contributed by atoms with van der Waals surface area (Å²) >= 11 is 0. The number of anilines is 2. The summed E-state index contributed by atoms with van der Waals surface area (Å²) < 4.78 is 0. The van der Waals surface area contributed by atoms with Gasteiger partial charge in [0.05, 0.1) is 0 Å². The van der Waals surface area contributed by atoms with Crippen molar-refractivity contribution in [2.45, 2.75) is 52.4 Å². The maximum Gasteiger partial charge on any atom is 0.135 e. The quantitative estimate of drug-likeness (QED) is 0.859. The Morgan fingerprint density at radius 1 is 1.28 bits per heavy atom. The number of nitrogens with one attached hydrogen (secondary N) is 1. The summed E-state index contributed by atoms with van der Waals surface area (Å²) in [7, 11) is 0. The first kappa shape index (κ1) is 13.1. The van der Waals surface area contributed by atoms with Crippen LogP contribution in [0, 0.1) is 12.8 Å². The number of nitrogen functional groups attached to an aromatic ring is 1. The molecule has 0 unspecified atom stereocenters. The van der Waals surface area contributed by atoms with E-state index in [1.165, 1.54) is 25.7 Å². The smallest absolute Gasteiger partial charge is 0.135 e. The van der Waals surface area contributed by atoms with E-state index in [0.29, 0.717) is 11.7 Å². The van der Waals surface area contributed by atoms with Gasteiger partial charge in [0.1, 0.15) is 17.5 Å². The molecule has 1 aliphatic carbocycles. The Morgan fingerprint density at radius 2 is 1.94 bits per heavy atom. The number of rotatable bonds is 4. The van der Waals surface area contributed by atoms with Crippen LogP contribution in [0.3, 0.4) is 0 Å². The van der Waals surface area contributed by atoms with Gasteiger partial charge in [-0.3, -0.25) is 0 Å². The molecule has 1 heterocycles. The standard InChI is InChI=1S/C14H24N4/c1-9(2)13-17-12(15)10(3)14(18-13)16-8-11-6-4-5-7-11/h9,11H,4-8H2,1-3H3,(H3,15,16,17,18). The predicted molar refractivity (Wildman–Crippen MR) is 75.7 cm³/mol. The van der Waals surface area contributed by atoms with E-state index in [-0.39, 0.29) is 0 Å². The topological polar surface area (TPSA) is 63.8 Å². The Balaban J connectivity index is 2.10. The van der Waals surface area contributed by atoms with Gasteiger partial charge in [-0.05, 0) is 25.7 Å². The second kappa shape index (κ2) is 5.55. The van der Waals surface area contributed by atoms with Crippen LogP contribution in [-0.2, 0) is 0 Å². The van der Waals surface area contributed by atoms with Crippen LogP contribution in [-0.4, -0.2) is 16.5 Å². The van der Waals surface area contributed by atoms with Gasteiger partial charge in [-0.1, -0.05) is 26.7 Å². The van der Waals surface area contributed by atoms with Crippen LogP contribution in [0.2, 0.25) is 0 Å².